The lowest BCUT2D eigenvalue weighted by atomic mass is 9.97. The largest absolute Gasteiger partial charge is 0.355 e. The van der Waals surface area contributed by atoms with Crippen LogP contribution in [-0.4, -0.2) is 36.9 Å². The van der Waals surface area contributed by atoms with E-state index in [2.05, 4.69) is 10.5 Å². The van der Waals surface area contributed by atoms with Crippen molar-refractivity contribution < 1.29 is 35.3 Å². The van der Waals surface area contributed by atoms with E-state index in [1.54, 1.807) is 0 Å². The molecule has 1 aliphatic heterocycles. The molecule has 12 heteroatoms. The summed E-state index contributed by atoms with van der Waals surface area (Å²) < 4.78 is 87.2. The number of amides is 1. The van der Waals surface area contributed by atoms with E-state index in [9.17, 15) is 30.8 Å². The number of nitrogens with one attached hydrogen (secondary N) is 1. The fraction of sp³-hybridized carbons (Fsp3) is 0.250. The average molecular weight is 524 g/mol. The monoisotopic (exact) mass is 523 g/mol. The van der Waals surface area contributed by atoms with Gasteiger partial charge >= 0.3 is 0 Å². The van der Waals surface area contributed by atoms with Gasteiger partial charge in [0.1, 0.15) is 29.0 Å². The van der Waals surface area contributed by atoms with Gasteiger partial charge in [-0.1, -0.05) is 5.16 Å². The third-order valence-electron chi connectivity index (χ3n) is 5.82. The Morgan fingerprint density at radius 3 is 2.39 bits per heavy atom. The number of carbonyl (C=O) groups is 1. The Balaban J connectivity index is 1.47. The summed E-state index contributed by atoms with van der Waals surface area (Å²) in [7, 11) is -4.09. The highest BCUT2D eigenvalue weighted by molar-refractivity contribution is 7.89. The molecule has 1 amide bonds. The van der Waals surface area contributed by atoms with E-state index >= 15 is 0 Å². The van der Waals surface area contributed by atoms with Crippen LogP contribution in [0.3, 0.4) is 0 Å². The summed E-state index contributed by atoms with van der Waals surface area (Å²) >= 11 is 0. The Bertz CT molecular complexity index is 1430. The number of aromatic nitrogens is 1. The van der Waals surface area contributed by atoms with Gasteiger partial charge in [0, 0.05) is 36.7 Å². The second kappa shape index (κ2) is 10.2. The number of aryl methyl sites for hydroxylation is 1. The molecule has 4 rings (SSSR count). The maximum absolute atomic E-state index is 13.9. The lowest BCUT2D eigenvalue weighted by Crippen LogP contribution is -2.41. The Labute approximate surface area is 204 Å². The minimum Gasteiger partial charge on any atom is -0.355 e. The SMILES string of the molecule is Cc1noc(/C=C/c2ccc(F)cc2F)c1S(=O)(=O)N1CCC(C(=O)Nc2cc(F)ccc2F)CC1. The van der Waals surface area contributed by atoms with E-state index in [0.29, 0.717) is 6.07 Å². The molecule has 1 N–H and O–H groups in total. The molecule has 7 nitrogen and oxygen atoms in total. The molecule has 2 heterocycles. The summed E-state index contributed by atoms with van der Waals surface area (Å²) in [6, 6.07) is 5.66. The molecule has 0 aliphatic carbocycles. The number of sulfonamides is 1. The first-order chi connectivity index (χ1) is 17.1. The standard InChI is InChI=1S/C24H21F4N3O4S/c1-14-23(22(35-30-14)7-3-15-2-4-17(25)12-20(15)28)36(33,34)31-10-8-16(9-11-31)24(32)29-21-13-18(26)5-6-19(21)27/h2-7,12-13,16H,8-11H2,1H3,(H,29,32)/b7-3+. The molecule has 0 saturated carbocycles. The maximum Gasteiger partial charge on any atom is 0.248 e. The van der Waals surface area contributed by atoms with Gasteiger partial charge in [-0.25, -0.2) is 26.0 Å². The Kier molecular flexibility index (Phi) is 7.27. The molecule has 1 aliphatic rings. The van der Waals surface area contributed by atoms with Crippen LogP contribution >= 0.6 is 0 Å². The lowest BCUT2D eigenvalue weighted by molar-refractivity contribution is -0.120. The highest BCUT2D eigenvalue weighted by Crippen LogP contribution is 2.30. The average Bonchev–Trinajstić information content (AvgIpc) is 3.22. The van der Waals surface area contributed by atoms with Gasteiger partial charge in [-0.3, -0.25) is 4.79 Å². The third kappa shape index (κ3) is 5.34. The molecule has 1 saturated heterocycles. The van der Waals surface area contributed by atoms with Crippen LogP contribution in [0.4, 0.5) is 23.2 Å². The van der Waals surface area contributed by atoms with E-state index in [1.165, 1.54) is 29.4 Å². The summed E-state index contributed by atoms with van der Waals surface area (Å²) in [5.74, 6) is -4.34. The smallest absolute Gasteiger partial charge is 0.248 e. The normalized spacial score (nSPS) is 15.5. The van der Waals surface area contributed by atoms with Crippen LogP contribution < -0.4 is 5.32 Å². The van der Waals surface area contributed by atoms with Crippen molar-refractivity contribution >= 4 is 33.8 Å². The topological polar surface area (TPSA) is 92.5 Å². The van der Waals surface area contributed by atoms with Crippen molar-refractivity contribution in [2.75, 3.05) is 18.4 Å². The van der Waals surface area contributed by atoms with E-state index in [0.717, 1.165) is 24.3 Å². The molecule has 190 valence electrons. The van der Waals surface area contributed by atoms with Gasteiger partial charge in [-0.05, 0) is 56.2 Å². The highest BCUT2D eigenvalue weighted by Gasteiger charge is 2.36. The van der Waals surface area contributed by atoms with Crippen molar-refractivity contribution in [2.45, 2.75) is 24.7 Å². The van der Waals surface area contributed by atoms with Crippen molar-refractivity contribution in [1.82, 2.24) is 9.46 Å². The van der Waals surface area contributed by atoms with Crippen molar-refractivity contribution in [1.29, 1.82) is 0 Å². The second-order valence-electron chi connectivity index (χ2n) is 8.25. The number of piperidine rings is 1. The molecule has 0 atom stereocenters. The predicted molar refractivity (Wildman–Crippen MR) is 123 cm³/mol. The third-order valence-corrected chi connectivity index (χ3v) is 7.88. The molecule has 0 bridgehead atoms. The van der Waals surface area contributed by atoms with Gasteiger partial charge in [-0.2, -0.15) is 4.31 Å². The van der Waals surface area contributed by atoms with Crippen LogP contribution in [0.15, 0.2) is 45.8 Å². The van der Waals surface area contributed by atoms with Gasteiger partial charge in [0.25, 0.3) is 0 Å². The van der Waals surface area contributed by atoms with Gasteiger partial charge < -0.3 is 9.84 Å². The lowest BCUT2D eigenvalue weighted by Gasteiger charge is -2.30. The molecule has 36 heavy (non-hydrogen) atoms. The van der Waals surface area contributed by atoms with Gasteiger partial charge in [0.15, 0.2) is 10.7 Å². The van der Waals surface area contributed by atoms with Crippen molar-refractivity contribution in [3.63, 3.8) is 0 Å². The Hall–Kier alpha value is -3.51. The molecule has 0 spiro atoms. The summed E-state index contributed by atoms with van der Waals surface area (Å²) in [6.07, 6.45) is 2.78. The van der Waals surface area contributed by atoms with Crippen LogP contribution in [0.2, 0.25) is 0 Å². The van der Waals surface area contributed by atoms with Crippen LogP contribution in [0.25, 0.3) is 12.2 Å². The van der Waals surface area contributed by atoms with Gasteiger partial charge in [0.05, 0.1) is 5.69 Å². The molecule has 2 aromatic carbocycles. The predicted octanol–water partition coefficient (Wildman–Crippen LogP) is 4.75. The first kappa shape index (κ1) is 25.6. The van der Waals surface area contributed by atoms with Crippen molar-refractivity contribution in [3.05, 3.63) is 76.7 Å². The first-order valence-electron chi connectivity index (χ1n) is 10.9. The summed E-state index contributed by atoms with van der Waals surface area (Å²) in [5, 5.41) is 6.07. The van der Waals surface area contributed by atoms with Crippen molar-refractivity contribution in [3.8, 4) is 0 Å². The Morgan fingerprint density at radius 2 is 1.69 bits per heavy atom. The summed E-state index contributed by atoms with van der Waals surface area (Å²) in [6.45, 7) is 1.43. The van der Waals surface area contributed by atoms with E-state index in [-0.39, 0.29) is 53.5 Å². The number of rotatable bonds is 6. The number of anilines is 1. The van der Waals surface area contributed by atoms with Crippen molar-refractivity contribution in [2.24, 2.45) is 5.92 Å². The number of halogens is 4. The number of benzene rings is 2. The van der Waals surface area contributed by atoms with E-state index in [1.807, 2.05) is 0 Å². The van der Waals surface area contributed by atoms with Gasteiger partial charge in [0.2, 0.25) is 15.9 Å². The Morgan fingerprint density at radius 1 is 1.03 bits per heavy atom. The fourth-order valence-corrected chi connectivity index (χ4v) is 5.64. The van der Waals surface area contributed by atoms with Crippen LogP contribution in [-0.2, 0) is 14.8 Å². The van der Waals surface area contributed by atoms with E-state index < -0.39 is 45.1 Å². The molecular weight excluding hydrogens is 502 g/mol. The number of carbonyl (C=O) groups excluding carboxylic acids is 1. The van der Waals surface area contributed by atoms with Crippen LogP contribution in [0.1, 0.15) is 29.9 Å². The molecule has 1 aromatic heterocycles. The fourth-order valence-electron chi connectivity index (χ4n) is 3.92. The molecule has 3 aromatic rings. The number of hydrogen-bond donors (Lipinski definition) is 1. The zero-order valence-corrected chi connectivity index (χ0v) is 19.8. The zero-order chi connectivity index (χ0) is 26.0. The number of nitrogens with zero attached hydrogens (tertiary/aromatic N) is 2. The second-order valence-corrected chi connectivity index (χ2v) is 10.1. The number of hydrogen-bond acceptors (Lipinski definition) is 5. The van der Waals surface area contributed by atoms with Gasteiger partial charge in [-0.15, -0.1) is 0 Å². The molecule has 0 radical (unpaired) electrons. The minimum absolute atomic E-state index is 0.00752. The van der Waals surface area contributed by atoms with Crippen LogP contribution in [0.5, 0.6) is 0 Å². The summed E-state index contributed by atoms with van der Waals surface area (Å²) in [4.78, 5) is 12.3. The zero-order valence-electron chi connectivity index (χ0n) is 19.0. The summed E-state index contributed by atoms with van der Waals surface area (Å²) in [5.41, 5.74) is -0.171. The first-order valence-corrected chi connectivity index (χ1v) is 12.4. The van der Waals surface area contributed by atoms with Crippen LogP contribution in [0, 0.1) is 36.1 Å². The quantitative estimate of drug-likeness (QED) is 0.471. The highest BCUT2D eigenvalue weighted by atomic mass is 32.2. The molecular formula is C24H21F4N3O4S. The molecule has 1 fully saturated rings. The maximum atomic E-state index is 13.9. The molecule has 0 unspecified atom stereocenters. The van der Waals surface area contributed by atoms with E-state index in [4.69, 9.17) is 4.52 Å². The minimum atomic E-state index is -4.09.